The van der Waals surface area contributed by atoms with E-state index in [0.29, 0.717) is 25.1 Å². The van der Waals surface area contributed by atoms with Crippen molar-refractivity contribution in [1.29, 1.82) is 0 Å². The molecule has 0 radical (unpaired) electrons. The summed E-state index contributed by atoms with van der Waals surface area (Å²) in [6, 6.07) is 4.70. The third-order valence-corrected chi connectivity index (χ3v) is 4.80. The Kier molecular flexibility index (Phi) is 6.60. The average molecular weight is 445 g/mol. The van der Waals surface area contributed by atoms with Crippen molar-refractivity contribution in [2.24, 2.45) is 0 Å². The summed E-state index contributed by atoms with van der Waals surface area (Å²) in [7, 11) is 0. The number of amides is 1. The molecule has 1 aromatic heterocycles. The van der Waals surface area contributed by atoms with Crippen LogP contribution < -0.4 is 0 Å². The zero-order chi connectivity index (χ0) is 21.9. The number of ether oxygens (including phenoxy) is 2. The fraction of sp³-hybridized carbons (Fsp3) is 0.400. The minimum absolute atomic E-state index is 0.0880. The number of esters is 1. The van der Waals surface area contributed by atoms with Crippen LogP contribution in [0.2, 0.25) is 5.02 Å². The molecule has 2 aromatic rings. The van der Waals surface area contributed by atoms with Crippen molar-refractivity contribution in [2.75, 3.05) is 13.2 Å². The van der Waals surface area contributed by atoms with Crippen molar-refractivity contribution in [1.82, 2.24) is 9.47 Å². The Morgan fingerprint density at radius 2 is 1.90 bits per heavy atom. The lowest BCUT2D eigenvalue weighted by Crippen LogP contribution is -2.31. The van der Waals surface area contributed by atoms with Gasteiger partial charge < -0.3 is 18.9 Å². The molecule has 30 heavy (non-hydrogen) atoms. The van der Waals surface area contributed by atoms with Crippen LogP contribution in [0.4, 0.5) is 18.0 Å². The van der Waals surface area contributed by atoms with Crippen LogP contribution >= 0.6 is 11.6 Å². The maximum atomic E-state index is 12.9. The van der Waals surface area contributed by atoms with E-state index in [0.717, 1.165) is 17.8 Å². The van der Waals surface area contributed by atoms with Gasteiger partial charge in [-0.3, -0.25) is 0 Å². The van der Waals surface area contributed by atoms with Crippen molar-refractivity contribution in [3.8, 4) is 0 Å². The van der Waals surface area contributed by atoms with E-state index in [-0.39, 0.29) is 30.3 Å². The SMILES string of the molecule is CCOC(=O)c1cc2n(c1)CCCN(C(=O)OCc1cc(Cl)cc(C(F)(F)F)c1)C2. The van der Waals surface area contributed by atoms with Crippen molar-refractivity contribution in [2.45, 2.75) is 39.2 Å². The molecular weight excluding hydrogens is 425 g/mol. The van der Waals surface area contributed by atoms with Crippen LogP contribution in [0.5, 0.6) is 0 Å². The Morgan fingerprint density at radius 1 is 1.13 bits per heavy atom. The molecule has 1 aliphatic heterocycles. The summed E-state index contributed by atoms with van der Waals surface area (Å²) in [6.45, 7) is 2.88. The number of rotatable bonds is 4. The maximum Gasteiger partial charge on any atom is 0.416 e. The first kappa shape index (κ1) is 22.0. The number of aromatic nitrogens is 1. The molecule has 1 amide bonds. The highest BCUT2D eigenvalue weighted by Crippen LogP contribution is 2.32. The quantitative estimate of drug-likeness (QED) is 0.631. The van der Waals surface area contributed by atoms with Crippen LogP contribution in [0, 0.1) is 0 Å². The number of fused-ring (bicyclic) bond motifs is 1. The van der Waals surface area contributed by atoms with Gasteiger partial charge in [0.25, 0.3) is 0 Å². The summed E-state index contributed by atoms with van der Waals surface area (Å²) in [5, 5.41) is -0.0880. The topological polar surface area (TPSA) is 60.8 Å². The number of benzene rings is 1. The van der Waals surface area contributed by atoms with E-state index in [1.165, 1.54) is 11.0 Å². The fourth-order valence-electron chi connectivity index (χ4n) is 3.22. The number of carbonyl (C=O) groups excluding carboxylic acids is 2. The normalized spacial score (nSPS) is 14.1. The van der Waals surface area contributed by atoms with Crippen LogP contribution in [0.1, 0.15) is 40.5 Å². The lowest BCUT2D eigenvalue weighted by Gasteiger charge is -2.20. The number of hydrogen-bond donors (Lipinski definition) is 0. The van der Waals surface area contributed by atoms with Crippen LogP contribution in [-0.4, -0.2) is 34.7 Å². The average Bonchev–Trinajstić information content (AvgIpc) is 2.97. The third-order valence-electron chi connectivity index (χ3n) is 4.58. The van der Waals surface area contributed by atoms with E-state index in [4.69, 9.17) is 21.1 Å². The lowest BCUT2D eigenvalue weighted by molar-refractivity contribution is -0.137. The molecule has 0 atom stereocenters. The summed E-state index contributed by atoms with van der Waals surface area (Å²) in [5.41, 5.74) is 0.390. The number of halogens is 4. The van der Waals surface area contributed by atoms with Crippen molar-refractivity contribution in [3.63, 3.8) is 0 Å². The predicted octanol–water partition coefficient (Wildman–Crippen LogP) is 4.88. The first-order valence-electron chi connectivity index (χ1n) is 9.32. The van der Waals surface area contributed by atoms with Gasteiger partial charge in [-0.05, 0) is 43.2 Å². The van der Waals surface area contributed by atoms with Crippen LogP contribution in [0.25, 0.3) is 0 Å². The molecule has 0 saturated carbocycles. The monoisotopic (exact) mass is 444 g/mol. The summed E-state index contributed by atoms with van der Waals surface area (Å²) < 4.78 is 50.9. The van der Waals surface area contributed by atoms with E-state index in [9.17, 15) is 22.8 Å². The standard InChI is InChI=1S/C20H20ClF3N2O4/c1-2-29-18(27)14-8-17-11-26(5-3-4-25(17)10-14)19(28)30-12-13-6-15(20(22,23)24)9-16(21)7-13/h6-10H,2-5,11-12H2,1H3. The Morgan fingerprint density at radius 3 is 2.60 bits per heavy atom. The van der Waals surface area contributed by atoms with Gasteiger partial charge in [0, 0.05) is 30.0 Å². The predicted molar refractivity (Wildman–Crippen MR) is 102 cm³/mol. The Bertz CT molecular complexity index is 943. The zero-order valence-corrected chi connectivity index (χ0v) is 16.9. The van der Waals surface area contributed by atoms with Gasteiger partial charge in [0.1, 0.15) is 6.61 Å². The number of nitrogens with zero attached hydrogens (tertiary/aromatic N) is 2. The number of carbonyl (C=O) groups is 2. The van der Waals surface area contributed by atoms with Crippen LogP contribution in [0.3, 0.4) is 0 Å². The summed E-state index contributed by atoms with van der Waals surface area (Å²) in [6.07, 6.45) is -2.88. The highest BCUT2D eigenvalue weighted by molar-refractivity contribution is 6.30. The van der Waals surface area contributed by atoms with Gasteiger partial charge in [-0.15, -0.1) is 0 Å². The molecule has 162 valence electrons. The van der Waals surface area contributed by atoms with Crippen molar-refractivity contribution >= 4 is 23.7 Å². The second-order valence-corrected chi connectivity index (χ2v) is 7.25. The Labute approximate surface area is 176 Å². The molecule has 2 heterocycles. The Hall–Kier alpha value is -2.68. The van der Waals surface area contributed by atoms with Gasteiger partial charge in [-0.1, -0.05) is 11.6 Å². The van der Waals surface area contributed by atoms with Gasteiger partial charge in [0.15, 0.2) is 0 Å². The minimum Gasteiger partial charge on any atom is -0.462 e. The molecule has 0 bridgehead atoms. The van der Waals surface area contributed by atoms with Gasteiger partial charge in [0.2, 0.25) is 0 Å². The largest absolute Gasteiger partial charge is 0.462 e. The summed E-state index contributed by atoms with van der Waals surface area (Å²) in [5.74, 6) is -0.436. The molecule has 3 rings (SSSR count). The molecule has 6 nitrogen and oxygen atoms in total. The molecule has 0 saturated heterocycles. The first-order chi connectivity index (χ1) is 14.2. The lowest BCUT2D eigenvalue weighted by atomic mass is 10.1. The molecule has 0 spiro atoms. The van der Waals surface area contributed by atoms with Gasteiger partial charge in [0.05, 0.1) is 24.3 Å². The van der Waals surface area contributed by atoms with E-state index in [1.807, 2.05) is 4.57 Å². The van der Waals surface area contributed by atoms with Crippen molar-refractivity contribution < 1.29 is 32.2 Å². The highest BCUT2D eigenvalue weighted by atomic mass is 35.5. The molecule has 0 unspecified atom stereocenters. The second-order valence-electron chi connectivity index (χ2n) is 6.81. The van der Waals surface area contributed by atoms with E-state index >= 15 is 0 Å². The van der Waals surface area contributed by atoms with Gasteiger partial charge in [-0.2, -0.15) is 13.2 Å². The molecule has 1 aromatic carbocycles. The summed E-state index contributed by atoms with van der Waals surface area (Å²) in [4.78, 5) is 25.9. The summed E-state index contributed by atoms with van der Waals surface area (Å²) >= 11 is 5.76. The van der Waals surface area contributed by atoms with Crippen molar-refractivity contribution in [3.05, 3.63) is 57.9 Å². The number of hydrogen-bond acceptors (Lipinski definition) is 4. The smallest absolute Gasteiger partial charge is 0.416 e. The molecule has 1 aliphatic rings. The van der Waals surface area contributed by atoms with E-state index < -0.39 is 23.8 Å². The second kappa shape index (κ2) is 8.99. The zero-order valence-electron chi connectivity index (χ0n) is 16.2. The molecule has 0 N–H and O–H groups in total. The first-order valence-corrected chi connectivity index (χ1v) is 9.69. The van der Waals surface area contributed by atoms with E-state index in [2.05, 4.69) is 0 Å². The number of alkyl halides is 3. The minimum atomic E-state index is -4.55. The van der Waals surface area contributed by atoms with E-state index in [1.54, 1.807) is 19.2 Å². The molecule has 0 aliphatic carbocycles. The van der Waals surface area contributed by atoms with Gasteiger partial charge >= 0.3 is 18.2 Å². The molecule has 0 fully saturated rings. The number of aryl methyl sites for hydroxylation is 1. The third kappa shape index (κ3) is 5.27. The van der Waals surface area contributed by atoms with Crippen LogP contribution in [0.15, 0.2) is 30.5 Å². The maximum absolute atomic E-state index is 12.9. The van der Waals surface area contributed by atoms with Crippen LogP contribution in [-0.2, 0) is 35.3 Å². The molecule has 10 heteroatoms. The van der Waals surface area contributed by atoms with Gasteiger partial charge in [-0.25, -0.2) is 9.59 Å². The Balaban J connectivity index is 1.66. The fourth-order valence-corrected chi connectivity index (χ4v) is 3.47. The highest BCUT2D eigenvalue weighted by Gasteiger charge is 2.31. The molecular formula is C20H20ClF3N2O4.